The number of anilines is 1. The van der Waals surface area contributed by atoms with Gasteiger partial charge in [-0.05, 0) is 40.0 Å². The van der Waals surface area contributed by atoms with Crippen molar-refractivity contribution in [2.75, 3.05) is 10.5 Å². The van der Waals surface area contributed by atoms with Crippen LogP contribution in [-0.2, 0) is 10.0 Å². The van der Waals surface area contributed by atoms with Crippen LogP contribution >= 0.6 is 15.9 Å². The minimum Gasteiger partial charge on any atom is -0.283 e. The first-order chi connectivity index (χ1) is 7.30. The van der Waals surface area contributed by atoms with Gasteiger partial charge in [-0.15, -0.1) is 0 Å². The molecule has 0 bridgehead atoms. The molecule has 0 aromatic heterocycles. The lowest BCUT2D eigenvalue weighted by Gasteiger charge is -2.10. The summed E-state index contributed by atoms with van der Waals surface area (Å²) >= 11 is 3.00. The number of sulfonamides is 1. The standard InChI is InChI=1S/C10H13BrFNO2S/c1-7(2)6-16(14,15)13-8-3-4-9(11)10(12)5-8/h3-5,7,13H,6H2,1-2H3. The molecule has 0 unspecified atom stereocenters. The summed E-state index contributed by atoms with van der Waals surface area (Å²) in [6.45, 7) is 3.61. The van der Waals surface area contributed by atoms with Crippen molar-refractivity contribution in [1.82, 2.24) is 0 Å². The summed E-state index contributed by atoms with van der Waals surface area (Å²) < 4.78 is 38.9. The highest BCUT2D eigenvalue weighted by atomic mass is 79.9. The molecular weight excluding hydrogens is 297 g/mol. The van der Waals surface area contributed by atoms with Crippen LogP contribution < -0.4 is 4.72 Å². The van der Waals surface area contributed by atoms with E-state index in [1.807, 2.05) is 0 Å². The molecule has 0 aliphatic heterocycles. The number of nitrogens with one attached hydrogen (secondary N) is 1. The zero-order valence-electron chi connectivity index (χ0n) is 9.00. The van der Waals surface area contributed by atoms with Gasteiger partial charge in [0.15, 0.2) is 0 Å². The maximum absolute atomic E-state index is 13.1. The predicted molar refractivity (Wildman–Crippen MR) is 66.3 cm³/mol. The highest BCUT2D eigenvalue weighted by Crippen LogP contribution is 2.20. The number of hydrogen-bond acceptors (Lipinski definition) is 2. The molecule has 0 atom stereocenters. The van der Waals surface area contributed by atoms with E-state index in [-0.39, 0.29) is 17.4 Å². The Labute approximate surface area is 103 Å². The molecule has 0 amide bonds. The van der Waals surface area contributed by atoms with Gasteiger partial charge in [0.1, 0.15) is 5.82 Å². The van der Waals surface area contributed by atoms with E-state index in [1.165, 1.54) is 12.1 Å². The van der Waals surface area contributed by atoms with Crippen LogP contribution in [0.3, 0.4) is 0 Å². The summed E-state index contributed by atoms with van der Waals surface area (Å²) in [6.07, 6.45) is 0. The number of benzene rings is 1. The molecule has 3 nitrogen and oxygen atoms in total. The molecule has 0 saturated carbocycles. The fourth-order valence-electron chi connectivity index (χ4n) is 1.22. The normalized spacial score (nSPS) is 11.8. The molecule has 1 N–H and O–H groups in total. The van der Waals surface area contributed by atoms with E-state index in [4.69, 9.17) is 0 Å². The molecule has 0 aliphatic carbocycles. The molecule has 1 aromatic carbocycles. The third-order valence-electron chi connectivity index (χ3n) is 1.75. The highest BCUT2D eigenvalue weighted by Gasteiger charge is 2.13. The highest BCUT2D eigenvalue weighted by molar-refractivity contribution is 9.10. The van der Waals surface area contributed by atoms with Crippen molar-refractivity contribution in [3.05, 3.63) is 28.5 Å². The van der Waals surface area contributed by atoms with E-state index in [0.29, 0.717) is 4.47 Å². The zero-order valence-corrected chi connectivity index (χ0v) is 11.4. The van der Waals surface area contributed by atoms with Crippen LogP contribution in [0, 0.1) is 11.7 Å². The molecule has 0 aliphatic rings. The molecule has 16 heavy (non-hydrogen) atoms. The summed E-state index contributed by atoms with van der Waals surface area (Å²) in [7, 11) is -3.40. The summed E-state index contributed by atoms with van der Waals surface area (Å²) in [5.41, 5.74) is 0.237. The van der Waals surface area contributed by atoms with Crippen molar-refractivity contribution in [2.45, 2.75) is 13.8 Å². The molecule has 1 rings (SSSR count). The summed E-state index contributed by atoms with van der Waals surface area (Å²) in [5, 5.41) is 0. The zero-order chi connectivity index (χ0) is 12.3. The molecule has 0 saturated heterocycles. The molecule has 1 aromatic rings. The van der Waals surface area contributed by atoms with Crippen LogP contribution in [0.1, 0.15) is 13.8 Å². The van der Waals surface area contributed by atoms with Crippen LogP contribution in [0.25, 0.3) is 0 Å². The van der Waals surface area contributed by atoms with Gasteiger partial charge in [-0.2, -0.15) is 0 Å². The van der Waals surface area contributed by atoms with Gasteiger partial charge in [0, 0.05) is 0 Å². The van der Waals surface area contributed by atoms with Gasteiger partial charge in [-0.3, -0.25) is 4.72 Å². The molecule has 0 fully saturated rings. The molecule has 90 valence electrons. The van der Waals surface area contributed by atoms with Crippen molar-refractivity contribution in [1.29, 1.82) is 0 Å². The molecule has 0 heterocycles. The number of halogens is 2. The van der Waals surface area contributed by atoms with Gasteiger partial charge in [-0.25, -0.2) is 12.8 Å². The lowest BCUT2D eigenvalue weighted by molar-refractivity contribution is 0.587. The van der Waals surface area contributed by atoms with Crippen LogP contribution in [0.5, 0.6) is 0 Å². The summed E-state index contributed by atoms with van der Waals surface area (Å²) in [6, 6.07) is 4.11. The van der Waals surface area contributed by atoms with E-state index >= 15 is 0 Å². The fraction of sp³-hybridized carbons (Fsp3) is 0.400. The second-order valence-electron chi connectivity index (χ2n) is 3.91. The Morgan fingerprint density at radius 2 is 2.06 bits per heavy atom. The molecule has 0 radical (unpaired) electrons. The average molecular weight is 310 g/mol. The summed E-state index contributed by atoms with van der Waals surface area (Å²) in [5.74, 6) is -0.451. The Bertz CT molecular complexity index is 474. The minimum absolute atomic E-state index is 0.0185. The topological polar surface area (TPSA) is 46.2 Å². The first kappa shape index (κ1) is 13.4. The SMILES string of the molecule is CC(C)CS(=O)(=O)Nc1ccc(Br)c(F)c1. The Morgan fingerprint density at radius 3 is 2.56 bits per heavy atom. The Hall–Kier alpha value is -0.620. The van der Waals surface area contributed by atoms with E-state index in [1.54, 1.807) is 13.8 Å². The van der Waals surface area contributed by atoms with Gasteiger partial charge in [-0.1, -0.05) is 13.8 Å². The Balaban J connectivity index is 2.84. The van der Waals surface area contributed by atoms with Gasteiger partial charge >= 0.3 is 0 Å². The second-order valence-corrected chi connectivity index (χ2v) is 6.53. The van der Waals surface area contributed by atoms with Crippen LogP contribution in [0.2, 0.25) is 0 Å². The Morgan fingerprint density at radius 1 is 1.44 bits per heavy atom. The van der Waals surface area contributed by atoms with Crippen LogP contribution in [0.4, 0.5) is 10.1 Å². The van der Waals surface area contributed by atoms with Crippen molar-refractivity contribution in [3.63, 3.8) is 0 Å². The lowest BCUT2D eigenvalue weighted by Crippen LogP contribution is -2.20. The molecule has 6 heteroatoms. The lowest BCUT2D eigenvalue weighted by atomic mass is 10.3. The third kappa shape index (κ3) is 4.09. The first-order valence-corrected chi connectivity index (χ1v) is 7.20. The van der Waals surface area contributed by atoms with Crippen molar-refractivity contribution < 1.29 is 12.8 Å². The quantitative estimate of drug-likeness (QED) is 0.929. The monoisotopic (exact) mass is 309 g/mol. The van der Waals surface area contributed by atoms with Crippen LogP contribution in [0.15, 0.2) is 22.7 Å². The fourth-order valence-corrected chi connectivity index (χ4v) is 2.91. The average Bonchev–Trinajstić information content (AvgIpc) is 2.08. The van der Waals surface area contributed by atoms with Gasteiger partial charge in [0.2, 0.25) is 10.0 Å². The number of rotatable bonds is 4. The van der Waals surface area contributed by atoms with Crippen molar-refractivity contribution >= 4 is 31.6 Å². The van der Waals surface area contributed by atoms with Crippen LogP contribution in [-0.4, -0.2) is 14.2 Å². The minimum atomic E-state index is -3.40. The van der Waals surface area contributed by atoms with E-state index < -0.39 is 15.8 Å². The van der Waals surface area contributed by atoms with Gasteiger partial charge < -0.3 is 0 Å². The second kappa shape index (κ2) is 5.14. The first-order valence-electron chi connectivity index (χ1n) is 4.76. The number of hydrogen-bond donors (Lipinski definition) is 1. The van der Waals surface area contributed by atoms with E-state index in [2.05, 4.69) is 20.7 Å². The summed E-state index contributed by atoms with van der Waals surface area (Å²) in [4.78, 5) is 0. The predicted octanol–water partition coefficient (Wildman–Crippen LogP) is 2.99. The van der Waals surface area contributed by atoms with Gasteiger partial charge in [0.25, 0.3) is 0 Å². The van der Waals surface area contributed by atoms with E-state index in [9.17, 15) is 12.8 Å². The van der Waals surface area contributed by atoms with Gasteiger partial charge in [0.05, 0.1) is 15.9 Å². The van der Waals surface area contributed by atoms with Crippen molar-refractivity contribution in [2.24, 2.45) is 5.92 Å². The molecular formula is C10H13BrFNO2S. The maximum atomic E-state index is 13.1. The molecule has 0 spiro atoms. The largest absolute Gasteiger partial charge is 0.283 e. The maximum Gasteiger partial charge on any atom is 0.232 e. The van der Waals surface area contributed by atoms with Crippen molar-refractivity contribution in [3.8, 4) is 0 Å². The third-order valence-corrected chi connectivity index (χ3v) is 4.04. The Kier molecular flexibility index (Phi) is 4.32. The smallest absolute Gasteiger partial charge is 0.232 e. The van der Waals surface area contributed by atoms with E-state index in [0.717, 1.165) is 6.07 Å².